The highest BCUT2D eigenvalue weighted by Crippen LogP contribution is 2.60. The molecule has 3 aromatic carbocycles. The van der Waals surface area contributed by atoms with E-state index in [0.29, 0.717) is 12.1 Å². The topological polar surface area (TPSA) is 86.8 Å². The van der Waals surface area contributed by atoms with Crippen LogP contribution in [-0.4, -0.2) is 50.0 Å². The Morgan fingerprint density at radius 2 is 1.42 bits per heavy atom. The van der Waals surface area contributed by atoms with Gasteiger partial charge >= 0.3 is 0 Å². The molecule has 1 N–H and O–H groups in total. The van der Waals surface area contributed by atoms with Gasteiger partial charge in [0, 0.05) is 23.5 Å². The first-order valence-corrected chi connectivity index (χ1v) is 21.2. The van der Waals surface area contributed by atoms with Crippen LogP contribution in [0.5, 0.6) is 0 Å². The molecule has 1 atom stereocenters. The molecule has 5 saturated carbocycles. The highest BCUT2D eigenvalue weighted by molar-refractivity contribution is 9.10. The van der Waals surface area contributed by atoms with Gasteiger partial charge in [-0.05, 0) is 115 Å². The Hall–Kier alpha value is -3.17. The number of amides is 2. The molecule has 0 unspecified atom stereocenters. The molecule has 0 heterocycles. The van der Waals surface area contributed by atoms with Gasteiger partial charge in [0.05, 0.1) is 11.9 Å². The van der Waals surface area contributed by atoms with Crippen molar-refractivity contribution in [2.75, 3.05) is 17.1 Å². The zero-order valence-electron chi connectivity index (χ0n) is 29.1. The van der Waals surface area contributed by atoms with Crippen LogP contribution in [0.3, 0.4) is 0 Å². The zero-order valence-corrected chi connectivity index (χ0v) is 31.5. The number of carbonyl (C=O) groups is 2. The van der Waals surface area contributed by atoms with Crippen molar-refractivity contribution in [2.45, 2.75) is 101 Å². The monoisotopic (exact) mass is 759 g/mol. The van der Waals surface area contributed by atoms with Gasteiger partial charge in [0.1, 0.15) is 12.6 Å². The molecule has 4 bridgehead atoms. The van der Waals surface area contributed by atoms with Gasteiger partial charge < -0.3 is 10.2 Å². The predicted molar refractivity (Wildman–Crippen MR) is 202 cm³/mol. The summed E-state index contributed by atoms with van der Waals surface area (Å²) in [5.74, 6) is 1.81. The van der Waals surface area contributed by atoms with Crippen LogP contribution >= 0.6 is 15.9 Å². The molecule has 0 aromatic heterocycles. The van der Waals surface area contributed by atoms with Gasteiger partial charge in [0.2, 0.25) is 21.8 Å². The van der Waals surface area contributed by atoms with Crippen molar-refractivity contribution in [3.8, 4) is 0 Å². The fourth-order valence-corrected chi connectivity index (χ4v) is 11.1. The molecule has 0 aliphatic heterocycles. The fraction of sp³-hybridized carbons (Fsp3) is 0.512. The second-order valence-electron chi connectivity index (χ2n) is 15.7. The van der Waals surface area contributed by atoms with Gasteiger partial charge in [-0.25, -0.2) is 8.42 Å². The Bertz CT molecular complexity index is 1720. The van der Waals surface area contributed by atoms with E-state index in [4.69, 9.17) is 0 Å². The molecule has 8 rings (SSSR count). The van der Waals surface area contributed by atoms with Gasteiger partial charge in [-0.15, -0.1) is 0 Å². The number of anilines is 1. The summed E-state index contributed by atoms with van der Waals surface area (Å²) in [4.78, 5) is 30.4. The summed E-state index contributed by atoms with van der Waals surface area (Å²) in [6, 6.07) is 24.7. The highest BCUT2D eigenvalue weighted by atomic mass is 79.9. The normalized spacial score (nSPS) is 25.2. The Morgan fingerprint density at radius 3 is 2.00 bits per heavy atom. The highest BCUT2D eigenvalue weighted by Gasteiger charge is 2.51. The zero-order chi connectivity index (χ0) is 34.9. The molecule has 5 aliphatic carbocycles. The van der Waals surface area contributed by atoms with Crippen molar-refractivity contribution >= 4 is 43.5 Å². The average molecular weight is 761 g/mol. The number of hydrogen-bond donors (Lipinski definition) is 1. The Balaban J connectivity index is 1.18. The van der Waals surface area contributed by atoms with E-state index in [1.807, 2.05) is 66.7 Å². The molecule has 266 valence electrons. The second kappa shape index (κ2) is 14.8. The third-order valence-electron chi connectivity index (χ3n) is 12.0. The minimum absolute atomic E-state index is 0.0687. The SMILES string of the molecule is CS(=O)(=O)N(CC(=O)N(Cc1ccc(Br)cc1)[C@H](Cc1ccccc1)C(=O)NC1CCCCC1)c1ccc(C23CC4CC(CC(C4)C2)C3)cc1. The van der Waals surface area contributed by atoms with Crippen molar-refractivity contribution < 1.29 is 18.0 Å². The maximum atomic E-state index is 14.6. The van der Waals surface area contributed by atoms with Crippen molar-refractivity contribution in [3.05, 3.63) is 100 Å². The van der Waals surface area contributed by atoms with Gasteiger partial charge in [-0.1, -0.05) is 89.8 Å². The van der Waals surface area contributed by atoms with Crippen LogP contribution in [0.1, 0.15) is 87.3 Å². The van der Waals surface area contributed by atoms with Crippen molar-refractivity contribution in [1.82, 2.24) is 10.2 Å². The van der Waals surface area contributed by atoms with Crippen LogP contribution in [0.15, 0.2) is 83.3 Å². The molecule has 0 saturated heterocycles. The third-order valence-corrected chi connectivity index (χ3v) is 13.6. The largest absolute Gasteiger partial charge is 0.352 e. The number of benzene rings is 3. The van der Waals surface area contributed by atoms with E-state index >= 15 is 0 Å². The maximum absolute atomic E-state index is 14.6. The minimum atomic E-state index is -3.83. The van der Waals surface area contributed by atoms with E-state index in [1.54, 1.807) is 4.90 Å². The summed E-state index contributed by atoms with van der Waals surface area (Å²) >= 11 is 3.50. The quantitative estimate of drug-likeness (QED) is 0.205. The molecule has 0 radical (unpaired) electrons. The maximum Gasteiger partial charge on any atom is 0.244 e. The van der Waals surface area contributed by atoms with E-state index < -0.39 is 28.5 Å². The third kappa shape index (κ3) is 7.99. The molecular weight excluding hydrogens is 710 g/mol. The first-order valence-electron chi connectivity index (χ1n) is 18.5. The van der Waals surface area contributed by atoms with E-state index in [2.05, 4.69) is 33.4 Å². The lowest BCUT2D eigenvalue weighted by Gasteiger charge is -2.57. The number of carbonyl (C=O) groups excluding carboxylic acids is 2. The lowest BCUT2D eigenvalue weighted by atomic mass is 9.48. The lowest BCUT2D eigenvalue weighted by Crippen LogP contribution is -2.55. The molecular formula is C41H50BrN3O4S. The standard InChI is InChI=1S/C41H50BrN3O4S/c1-50(48,49)45(37-18-14-34(15-19-37)41-24-31-20-32(25-41)22-33(21-31)26-41)28-39(46)44(27-30-12-16-35(42)17-13-30)38(23-29-8-4-2-5-9-29)40(47)43-36-10-6-3-7-11-36/h2,4-5,8-9,12-19,31-33,36,38H,3,6-7,10-11,20-28H2,1H3,(H,43,47)/t31?,32?,33?,38-,41?/m1/s1. The van der Waals surface area contributed by atoms with Gasteiger partial charge in [-0.3, -0.25) is 13.9 Å². The molecule has 5 aliphatic rings. The van der Waals surface area contributed by atoms with Crippen LogP contribution in [-0.2, 0) is 38.0 Å². The van der Waals surface area contributed by atoms with Crippen molar-refractivity contribution in [2.24, 2.45) is 17.8 Å². The molecule has 50 heavy (non-hydrogen) atoms. The number of rotatable bonds is 12. The molecule has 7 nitrogen and oxygen atoms in total. The minimum Gasteiger partial charge on any atom is -0.352 e. The van der Waals surface area contributed by atoms with Crippen LogP contribution < -0.4 is 9.62 Å². The lowest BCUT2D eigenvalue weighted by molar-refractivity contribution is -0.140. The smallest absolute Gasteiger partial charge is 0.244 e. The Labute approximate surface area is 306 Å². The summed E-state index contributed by atoms with van der Waals surface area (Å²) in [6.07, 6.45) is 14.4. The summed E-state index contributed by atoms with van der Waals surface area (Å²) in [7, 11) is -3.83. The summed E-state index contributed by atoms with van der Waals surface area (Å²) in [5, 5.41) is 3.27. The number of sulfonamides is 1. The van der Waals surface area contributed by atoms with Gasteiger partial charge in [0.25, 0.3) is 0 Å². The van der Waals surface area contributed by atoms with E-state index in [0.717, 1.165) is 65.3 Å². The fourth-order valence-electron chi connectivity index (χ4n) is 9.94. The Kier molecular flexibility index (Phi) is 10.4. The average Bonchev–Trinajstić information content (AvgIpc) is 3.09. The summed E-state index contributed by atoms with van der Waals surface area (Å²) < 4.78 is 29.0. The van der Waals surface area contributed by atoms with Gasteiger partial charge in [-0.2, -0.15) is 0 Å². The number of hydrogen-bond acceptors (Lipinski definition) is 4. The number of halogens is 1. The summed E-state index contributed by atoms with van der Waals surface area (Å²) in [6.45, 7) is -0.224. The molecule has 5 fully saturated rings. The van der Waals surface area contributed by atoms with Gasteiger partial charge in [0.15, 0.2) is 0 Å². The Morgan fingerprint density at radius 1 is 0.820 bits per heavy atom. The number of nitrogens with zero attached hydrogens (tertiary/aromatic N) is 2. The van der Waals surface area contributed by atoms with Crippen LogP contribution in [0.2, 0.25) is 0 Å². The molecule has 0 spiro atoms. The van der Waals surface area contributed by atoms with Crippen LogP contribution in [0, 0.1) is 17.8 Å². The van der Waals surface area contributed by atoms with Crippen LogP contribution in [0.25, 0.3) is 0 Å². The second-order valence-corrected chi connectivity index (χ2v) is 18.5. The van der Waals surface area contributed by atoms with Crippen molar-refractivity contribution in [1.29, 1.82) is 0 Å². The number of nitrogens with one attached hydrogen (secondary N) is 1. The summed E-state index contributed by atoms with van der Waals surface area (Å²) in [5.41, 5.74) is 3.76. The van der Waals surface area contributed by atoms with E-state index in [1.165, 1.54) is 54.8 Å². The van der Waals surface area contributed by atoms with E-state index in [9.17, 15) is 18.0 Å². The molecule has 9 heteroatoms. The van der Waals surface area contributed by atoms with Crippen molar-refractivity contribution in [3.63, 3.8) is 0 Å². The predicted octanol–water partition coefficient (Wildman–Crippen LogP) is 7.77. The molecule has 3 aromatic rings. The molecule has 2 amide bonds. The first kappa shape index (κ1) is 35.2. The van der Waals surface area contributed by atoms with E-state index in [-0.39, 0.29) is 23.9 Å². The first-order chi connectivity index (χ1) is 24.0. The van der Waals surface area contributed by atoms with Crippen LogP contribution in [0.4, 0.5) is 5.69 Å².